The molecule has 3 aromatic rings. The van der Waals surface area contributed by atoms with Crippen LogP contribution in [0.3, 0.4) is 0 Å². The van der Waals surface area contributed by atoms with Crippen molar-refractivity contribution in [2.24, 2.45) is 0 Å². The SMILES string of the molecule is O=C(Nc1cccc(F)c1)c1nnc([C@@H]2CCCN2S(=O)(=O)c2ccc3c(c2)CCCC3)s1. The molecular weight excluding hydrogens is 463 g/mol. The van der Waals surface area contributed by atoms with E-state index in [9.17, 15) is 17.6 Å². The fourth-order valence-electron chi connectivity index (χ4n) is 4.49. The molecule has 1 aliphatic carbocycles. The lowest BCUT2D eigenvalue weighted by molar-refractivity contribution is 0.102. The number of nitrogens with one attached hydrogen (secondary N) is 1. The number of aromatic nitrogens is 2. The first-order chi connectivity index (χ1) is 15.9. The summed E-state index contributed by atoms with van der Waals surface area (Å²) in [6.07, 6.45) is 5.44. The molecule has 1 fully saturated rings. The minimum atomic E-state index is -3.70. The molecule has 1 aliphatic heterocycles. The predicted octanol–water partition coefficient (Wildman–Crippen LogP) is 4.33. The molecule has 0 spiro atoms. The Morgan fingerprint density at radius 3 is 2.70 bits per heavy atom. The van der Waals surface area contributed by atoms with Crippen LogP contribution in [0.1, 0.15) is 57.7 Å². The largest absolute Gasteiger partial charge is 0.320 e. The van der Waals surface area contributed by atoms with E-state index in [2.05, 4.69) is 15.5 Å². The molecule has 1 amide bonds. The highest BCUT2D eigenvalue weighted by Crippen LogP contribution is 2.38. The van der Waals surface area contributed by atoms with Gasteiger partial charge in [-0.15, -0.1) is 10.2 Å². The van der Waals surface area contributed by atoms with E-state index in [0.29, 0.717) is 35.0 Å². The van der Waals surface area contributed by atoms with Gasteiger partial charge in [0, 0.05) is 12.2 Å². The lowest BCUT2D eigenvalue weighted by atomic mass is 9.92. The molecule has 2 aromatic carbocycles. The summed E-state index contributed by atoms with van der Waals surface area (Å²) in [5, 5.41) is 11.3. The number of amides is 1. The first-order valence-electron chi connectivity index (χ1n) is 11.0. The molecule has 1 aromatic heterocycles. The van der Waals surface area contributed by atoms with Crippen LogP contribution in [0, 0.1) is 5.82 Å². The lowest BCUT2D eigenvalue weighted by Gasteiger charge is -2.23. The highest BCUT2D eigenvalue weighted by atomic mass is 32.2. The van der Waals surface area contributed by atoms with Gasteiger partial charge in [0.1, 0.15) is 10.8 Å². The molecular formula is C23H23FN4O3S2. The van der Waals surface area contributed by atoms with Gasteiger partial charge in [-0.3, -0.25) is 4.79 Å². The van der Waals surface area contributed by atoms with Gasteiger partial charge in [-0.25, -0.2) is 12.8 Å². The van der Waals surface area contributed by atoms with Gasteiger partial charge in [-0.05, 0) is 80.0 Å². The predicted molar refractivity (Wildman–Crippen MR) is 123 cm³/mol. The summed E-state index contributed by atoms with van der Waals surface area (Å²) in [7, 11) is -3.70. The number of carbonyl (C=O) groups is 1. The van der Waals surface area contributed by atoms with Crippen molar-refractivity contribution in [3.8, 4) is 0 Å². The van der Waals surface area contributed by atoms with E-state index >= 15 is 0 Å². The van der Waals surface area contributed by atoms with E-state index in [1.54, 1.807) is 12.1 Å². The number of anilines is 1. The average molecular weight is 487 g/mol. The second kappa shape index (κ2) is 8.92. The highest BCUT2D eigenvalue weighted by Gasteiger charge is 2.38. The second-order valence-electron chi connectivity index (χ2n) is 8.32. The molecule has 2 aliphatic rings. The number of carbonyl (C=O) groups excluding carboxylic acids is 1. The first-order valence-corrected chi connectivity index (χ1v) is 13.2. The van der Waals surface area contributed by atoms with Crippen LogP contribution < -0.4 is 5.32 Å². The van der Waals surface area contributed by atoms with Crippen LogP contribution in [0.2, 0.25) is 0 Å². The van der Waals surface area contributed by atoms with E-state index in [1.807, 2.05) is 12.1 Å². The van der Waals surface area contributed by atoms with Crippen LogP contribution in [0.25, 0.3) is 0 Å². The number of benzene rings is 2. The number of sulfonamides is 1. The Balaban J connectivity index is 1.37. The van der Waals surface area contributed by atoms with Crippen molar-refractivity contribution in [2.45, 2.75) is 49.5 Å². The highest BCUT2D eigenvalue weighted by molar-refractivity contribution is 7.89. The third-order valence-corrected chi connectivity index (χ3v) is 9.06. The standard InChI is InChI=1S/C23H23FN4O3S2/c24-17-7-3-8-18(14-17)25-21(29)23-27-26-22(32-23)20-9-4-12-28(20)33(30,31)19-11-10-15-5-1-2-6-16(15)13-19/h3,7-8,10-11,13-14,20H,1-2,4-6,9,12H2,(H,25,29)/t20-/m0/s1. The lowest BCUT2D eigenvalue weighted by Crippen LogP contribution is -2.30. The molecule has 33 heavy (non-hydrogen) atoms. The maximum Gasteiger partial charge on any atom is 0.286 e. The molecule has 0 unspecified atom stereocenters. The van der Waals surface area contributed by atoms with Gasteiger partial charge in [0.2, 0.25) is 15.0 Å². The van der Waals surface area contributed by atoms with Crippen LogP contribution in [-0.4, -0.2) is 35.4 Å². The Morgan fingerprint density at radius 2 is 1.88 bits per heavy atom. The zero-order valence-electron chi connectivity index (χ0n) is 17.8. The number of aryl methyl sites for hydroxylation is 2. The van der Waals surface area contributed by atoms with Gasteiger partial charge in [0.25, 0.3) is 5.91 Å². The summed E-state index contributed by atoms with van der Waals surface area (Å²) < 4.78 is 41.8. The first kappa shape index (κ1) is 22.1. The van der Waals surface area contributed by atoms with Crippen LogP contribution in [0.15, 0.2) is 47.4 Å². The monoisotopic (exact) mass is 486 g/mol. The van der Waals surface area contributed by atoms with Gasteiger partial charge in [-0.1, -0.05) is 23.5 Å². The normalized spacial score (nSPS) is 18.8. The fourth-order valence-corrected chi connectivity index (χ4v) is 7.16. The van der Waals surface area contributed by atoms with E-state index in [1.165, 1.54) is 28.1 Å². The molecule has 1 N–H and O–H groups in total. The number of fused-ring (bicyclic) bond motifs is 1. The number of halogens is 1. The Kier molecular flexibility index (Phi) is 5.98. The van der Waals surface area contributed by atoms with Crippen molar-refractivity contribution < 1.29 is 17.6 Å². The summed E-state index contributed by atoms with van der Waals surface area (Å²) in [5.74, 6) is -0.967. The van der Waals surface area contributed by atoms with E-state index in [4.69, 9.17) is 0 Å². The van der Waals surface area contributed by atoms with Crippen molar-refractivity contribution in [3.05, 3.63) is 69.4 Å². The van der Waals surface area contributed by atoms with Crippen molar-refractivity contribution in [3.63, 3.8) is 0 Å². The molecule has 1 atom stereocenters. The van der Waals surface area contributed by atoms with Crippen LogP contribution >= 0.6 is 11.3 Å². The molecule has 0 bridgehead atoms. The van der Waals surface area contributed by atoms with Crippen LogP contribution in [-0.2, 0) is 22.9 Å². The molecule has 1 saturated heterocycles. The number of rotatable bonds is 5. The summed E-state index contributed by atoms with van der Waals surface area (Å²) in [6.45, 7) is 0.397. The van der Waals surface area contributed by atoms with E-state index in [-0.39, 0.29) is 5.01 Å². The molecule has 172 valence electrons. The Morgan fingerprint density at radius 1 is 1.06 bits per heavy atom. The quantitative estimate of drug-likeness (QED) is 0.579. The van der Waals surface area contributed by atoms with Gasteiger partial charge < -0.3 is 5.32 Å². The van der Waals surface area contributed by atoms with Crippen molar-refractivity contribution >= 4 is 33.0 Å². The molecule has 7 nitrogen and oxygen atoms in total. The zero-order chi connectivity index (χ0) is 23.0. The maximum absolute atomic E-state index is 13.5. The second-order valence-corrected chi connectivity index (χ2v) is 11.2. The Labute approximate surface area is 195 Å². The molecule has 0 saturated carbocycles. The van der Waals surface area contributed by atoms with Gasteiger partial charge >= 0.3 is 0 Å². The average Bonchev–Trinajstić information content (AvgIpc) is 3.49. The molecule has 10 heteroatoms. The number of nitrogens with zero attached hydrogens (tertiary/aromatic N) is 3. The van der Waals surface area contributed by atoms with Crippen molar-refractivity contribution in [1.29, 1.82) is 0 Å². The third kappa shape index (κ3) is 4.42. The van der Waals surface area contributed by atoms with E-state index in [0.717, 1.165) is 42.6 Å². The molecule has 2 heterocycles. The van der Waals surface area contributed by atoms with E-state index < -0.39 is 27.8 Å². The summed E-state index contributed by atoms with van der Waals surface area (Å²) in [5.41, 5.74) is 2.66. The van der Waals surface area contributed by atoms with Crippen LogP contribution in [0.5, 0.6) is 0 Å². The Hall–Kier alpha value is -2.69. The minimum Gasteiger partial charge on any atom is -0.320 e. The summed E-state index contributed by atoms with van der Waals surface area (Å²) in [6, 6.07) is 10.6. The molecule has 0 radical (unpaired) electrons. The van der Waals surface area contributed by atoms with Gasteiger partial charge in [-0.2, -0.15) is 4.31 Å². The van der Waals surface area contributed by atoms with Gasteiger partial charge in [0.05, 0.1) is 10.9 Å². The Bertz CT molecular complexity index is 1310. The molecule has 5 rings (SSSR count). The topological polar surface area (TPSA) is 92.3 Å². The van der Waals surface area contributed by atoms with Crippen molar-refractivity contribution in [2.75, 3.05) is 11.9 Å². The fraction of sp³-hybridized carbons (Fsp3) is 0.348. The number of hydrogen-bond donors (Lipinski definition) is 1. The third-order valence-electron chi connectivity index (χ3n) is 6.13. The smallest absolute Gasteiger partial charge is 0.286 e. The summed E-state index contributed by atoms with van der Waals surface area (Å²) in [4.78, 5) is 12.8. The number of hydrogen-bond acceptors (Lipinski definition) is 6. The summed E-state index contributed by atoms with van der Waals surface area (Å²) >= 11 is 1.07. The van der Waals surface area contributed by atoms with Crippen molar-refractivity contribution in [1.82, 2.24) is 14.5 Å². The zero-order valence-corrected chi connectivity index (χ0v) is 19.5. The van der Waals surface area contributed by atoms with Gasteiger partial charge in [0.15, 0.2) is 0 Å². The maximum atomic E-state index is 13.5. The van der Waals surface area contributed by atoms with Crippen LogP contribution in [0.4, 0.5) is 10.1 Å². The minimum absolute atomic E-state index is 0.104.